The zero-order valence-electron chi connectivity index (χ0n) is 27.9. The highest BCUT2D eigenvalue weighted by molar-refractivity contribution is 6.19. The summed E-state index contributed by atoms with van der Waals surface area (Å²) in [5.74, 6) is 1.74. The number of hydrogen-bond donors (Lipinski definition) is 0. The van der Waals surface area contributed by atoms with E-state index in [4.69, 9.17) is 19.4 Å². The van der Waals surface area contributed by atoms with Gasteiger partial charge in [-0.1, -0.05) is 133 Å². The van der Waals surface area contributed by atoms with Crippen LogP contribution in [0.15, 0.2) is 174 Å². The number of fused-ring (bicyclic) bond motifs is 9. The third-order valence-electron chi connectivity index (χ3n) is 10.2. The molecule has 0 saturated carbocycles. The minimum absolute atomic E-state index is 0.545. The van der Waals surface area contributed by atoms with Crippen LogP contribution in [0.2, 0.25) is 0 Å². The molecule has 0 atom stereocenters. The van der Waals surface area contributed by atoms with Gasteiger partial charge in [-0.25, -0.2) is 15.0 Å². The highest BCUT2D eigenvalue weighted by Crippen LogP contribution is 2.44. The minimum Gasteiger partial charge on any atom is -0.455 e. The van der Waals surface area contributed by atoms with E-state index in [9.17, 15) is 0 Å². The molecule has 0 spiro atoms. The second-order valence-electron chi connectivity index (χ2n) is 13.2. The summed E-state index contributed by atoms with van der Waals surface area (Å²) in [5, 5.41) is 8.99. The van der Waals surface area contributed by atoms with Crippen LogP contribution in [0.4, 0.5) is 0 Å². The van der Waals surface area contributed by atoms with Crippen LogP contribution in [-0.2, 0) is 0 Å². The quantitative estimate of drug-likeness (QED) is 0.188. The van der Waals surface area contributed by atoms with E-state index in [1.54, 1.807) is 0 Å². The van der Waals surface area contributed by atoms with Crippen molar-refractivity contribution in [2.75, 3.05) is 0 Å². The second-order valence-corrected chi connectivity index (χ2v) is 13.2. The number of benzene rings is 8. The van der Waals surface area contributed by atoms with E-state index < -0.39 is 0 Å². The van der Waals surface area contributed by atoms with Crippen molar-refractivity contribution in [2.24, 2.45) is 0 Å². The molecule has 5 nitrogen and oxygen atoms in total. The molecule has 0 aliphatic carbocycles. The Balaban J connectivity index is 1.32. The Bertz CT molecular complexity index is 3120. The lowest BCUT2D eigenvalue weighted by Crippen LogP contribution is -2.04. The zero-order chi connectivity index (χ0) is 34.2. The Labute approximate surface area is 298 Å². The molecular weight excluding hydrogens is 637 g/mol. The van der Waals surface area contributed by atoms with E-state index in [0.29, 0.717) is 17.5 Å². The number of hydrogen-bond acceptors (Lipinski definition) is 4. The predicted molar refractivity (Wildman–Crippen MR) is 213 cm³/mol. The third kappa shape index (κ3) is 4.33. The van der Waals surface area contributed by atoms with Gasteiger partial charge in [-0.3, -0.25) is 0 Å². The lowest BCUT2D eigenvalue weighted by atomic mass is 10.0. The van der Waals surface area contributed by atoms with Crippen LogP contribution in [0.3, 0.4) is 0 Å². The van der Waals surface area contributed by atoms with Crippen LogP contribution in [0.1, 0.15) is 0 Å². The first-order valence-electron chi connectivity index (χ1n) is 17.5. The van der Waals surface area contributed by atoms with E-state index in [1.165, 1.54) is 21.5 Å². The zero-order valence-corrected chi connectivity index (χ0v) is 27.9. The Morgan fingerprint density at radius 1 is 0.365 bits per heavy atom. The molecule has 0 N–H and O–H groups in total. The molecule has 0 radical (unpaired) electrons. The molecule has 11 aromatic rings. The van der Waals surface area contributed by atoms with Crippen molar-refractivity contribution in [3.8, 4) is 39.9 Å². The summed E-state index contributed by atoms with van der Waals surface area (Å²) in [6.07, 6.45) is 0. The molecule has 0 bridgehead atoms. The Hall–Kier alpha value is -7.11. The summed E-state index contributed by atoms with van der Waals surface area (Å²) in [4.78, 5) is 15.6. The average molecular weight is 665 g/mol. The third-order valence-corrected chi connectivity index (χ3v) is 10.2. The van der Waals surface area contributed by atoms with Crippen LogP contribution in [0.5, 0.6) is 0 Å². The van der Waals surface area contributed by atoms with Crippen molar-refractivity contribution in [1.29, 1.82) is 0 Å². The first-order chi connectivity index (χ1) is 25.8. The normalized spacial score (nSPS) is 11.8. The summed E-state index contributed by atoms with van der Waals surface area (Å²) in [6, 6.07) is 59.1. The van der Waals surface area contributed by atoms with Gasteiger partial charge in [-0.2, -0.15) is 0 Å². The van der Waals surface area contributed by atoms with Gasteiger partial charge in [0.1, 0.15) is 11.2 Å². The maximum absolute atomic E-state index is 7.06. The summed E-state index contributed by atoms with van der Waals surface area (Å²) < 4.78 is 9.41. The fraction of sp³-hybridized carbons (Fsp3) is 0. The van der Waals surface area contributed by atoms with Crippen LogP contribution >= 0.6 is 0 Å². The van der Waals surface area contributed by atoms with Crippen LogP contribution in [0, 0.1) is 0 Å². The van der Waals surface area contributed by atoms with Gasteiger partial charge >= 0.3 is 0 Å². The van der Waals surface area contributed by atoms with Crippen LogP contribution in [-0.4, -0.2) is 19.5 Å². The molecular formula is C47H28N4O. The van der Waals surface area contributed by atoms with E-state index in [2.05, 4.69) is 114 Å². The summed E-state index contributed by atoms with van der Waals surface area (Å²) in [6.45, 7) is 0. The van der Waals surface area contributed by atoms with E-state index >= 15 is 0 Å². The number of furan rings is 1. The lowest BCUT2D eigenvalue weighted by Gasteiger charge is -2.15. The number of aromatic nitrogens is 4. The molecule has 0 aliphatic rings. The second kappa shape index (κ2) is 11.2. The van der Waals surface area contributed by atoms with E-state index in [1.807, 2.05) is 60.7 Å². The highest BCUT2D eigenvalue weighted by atomic mass is 16.3. The lowest BCUT2D eigenvalue weighted by molar-refractivity contribution is 0.673. The van der Waals surface area contributed by atoms with Crippen molar-refractivity contribution in [3.63, 3.8) is 0 Å². The van der Waals surface area contributed by atoms with Crippen molar-refractivity contribution in [3.05, 3.63) is 170 Å². The average Bonchev–Trinajstić information content (AvgIpc) is 3.75. The number of para-hydroxylation sites is 1. The first-order valence-corrected chi connectivity index (χ1v) is 17.5. The molecule has 242 valence electrons. The summed E-state index contributed by atoms with van der Waals surface area (Å²) >= 11 is 0. The van der Waals surface area contributed by atoms with Gasteiger partial charge in [0, 0.05) is 38.1 Å². The fourth-order valence-corrected chi connectivity index (χ4v) is 7.80. The summed E-state index contributed by atoms with van der Waals surface area (Å²) in [5.41, 5.74) is 7.34. The molecule has 52 heavy (non-hydrogen) atoms. The first kappa shape index (κ1) is 28.7. The Morgan fingerprint density at radius 3 is 1.65 bits per heavy atom. The highest BCUT2D eigenvalue weighted by Gasteiger charge is 2.25. The summed E-state index contributed by atoms with van der Waals surface area (Å²) in [7, 11) is 0. The van der Waals surface area contributed by atoms with Crippen molar-refractivity contribution < 1.29 is 4.42 Å². The largest absolute Gasteiger partial charge is 0.455 e. The minimum atomic E-state index is 0.545. The molecule has 0 fully saturated rings. The molecule has 8 aromatic carbocycles. The van der Waals surface area contributed by atoms with Crippen molar-refractivity contribution >= 4 is 65.3 Å². The molecule has 0 saturated heterocycles. The maximum atomic E-state index is 7.06. The standard InChI is InChI=1S/C47H28N4O/c1-3-14-30(15-4-1)45-48-46(31-16-5-2-6-17-31)50-47(49-45)42-40(26-25-37-36-24-23-29-13-9-10-20-34(29)43(36)52-44(37)42)51-39-22-12-11-21-35(39)38-27-32-18-7-8-19-33(32)28-41(38)51/h1-28H. The van der Waals surface area contributed by atoms with Crippen LogP contribution < -0.4 is 0 Å². The van der Waals surface area contributed by atoms with Gasteiger partial charge in [-0.05, 0) is 52.6 Å². The van der Waals surface area contributed by atoms with Gasteiger partial charge in [0.25, 0.3) is 0 Å². The molecule has 0 unspecified atom stereocenters. The molecule has 0 aliphatic heterocycles. The van der Waals surface area contributed by atoms with Gasteiger partial charge in [-0.15, -0.1) is 0 Å². The van der Waals surface area contributed by atoms with Gasteiger partial charge in [0.15, 0.2) is 17.5 Å². The topological polar surface area (TPSA) is 56.7 Å². The van der Waals surface area contributed by atoms with Crippen LogP contribution in [0.25, 0.3) is 105 Å². The predicted octanol–water partition coefficient (Wildman–Crippen LogP) is 12.2. The number of nitrogens with zero attached hydrogens (tertiary/aromatic N) is 4. The van der Waals surface area contributed by atoms with Gasteiger partial charge < -0.3 is 8.98 Å². The molecule has 5 heteroatoms. The van der Waals surface area contributed by atoms with Gasteiger partial charge in [0.2, 0.25) is 0 Å². The molecule has 11 rings (SSSR count). The number of rotatable bonds is 4. The maximum Gasteiger partial charge on any atom is 0.170 e. The Kier molecular flexibility index (Phi) is 6.18. The molecule has 3 heterocycles. The van der Waals surface area contributed by atoms with Crippen molar-refractivity contribution in [2.45, 2.75) is 0 Å². The van der Waals surface area contributed by atoms with E-state index in [0.717, 1.165) is 66.1 Å². The SMILES string of the molecule is c1ccc(-c2nc(-c3ccccc3)nc(-c3c(-n4c5ccccc5c5cc6ccccc6cc54)ccc4c3oc3c5ccccc5ccc43)n2)cc1. The van der Waals surface area contributed by atoms with E-state index in [-0.39, 0.29) is 0 Å². The monoisotopic (exact) mass is 664 g/mol. The van der Waals surface area contributed by atoms with Gasteiger partial charge in [0.05, 0.1) is 22.3 Å². The molecule has 0 amide bonds. The fourth-order valence-electron chi connectivity index (χ4n) is 7.80. The van der Waals surface area contributed by atoms with Crippen molar-refractivity contribution in [1.82, 2.24) is 19.5 Å². The molecule has 3 aromatic heterocycles. The Morgan fingerprint density at radius 2 is 0.923 bits per heavy atom. The smallest absolute Gasteiger partial charge is 0.170 e.